The fourth-order valence-electron chi connectivity index (χ4n) is 2.07. The van der Waals surface area contributed by atoms with Gasteiger partial charge in [0.05, 0.1) is 10.7 Å². The van der Waals surface area contributed by atoms with Crippen molar-refractivity contribution >= 4 is 35.0 Å². The van der Waals surface area contributed by atoms with Gasteiger partial charge in [-0.2, -0.15) is 5.26 Å². The molecule has 0 aliphatic carbocycles. The van der Waals surface area contributed by atoms with Crippen molar-refractivity contribution in [1.82, 2.24) is 5.32 Å². The maximum absolute atomic E-state index is 8.63. The van der Waals surface area contributed by atoms with Crippen LogP contribution in [0.25, 0.3) is 0 Å². The highest BCUT2D eigenvalue weighted by Crippen LogP contribution is 2.33. The van der Waals surface area contributed by atoms with E-state index in [1.165, 1.54) is 5.56 Å². The van der Waals surface area contributed by atoms with Crippen molar-refractivity contribution in [1.29, 1.82) is 5.26 Å². The van der Waals surface area contributed by atoms with Crippen LogP contribution in [-0.2, 0) is 13.1 Å². The SMILES string of the molecule is COc1cc(CNCc2ccccc2)cc(I)c1OCC#N.Cl. The quantitative estimate of drug-likeness (QED) is 0.658. The van der Waals surface area contributed by atoms with Gasteiger partial charge in [-0.05, 0) is 45.9 Å². The topological polar surface area (TPSA) is 54.3 Å². The summed E-state index contributed by atoms with van der Waals surface area (Å²) in [7, 11) is 1.60. The Hall–Kier alpha value is -1.49. The van der Waals surface area contributed by atoms with Crippen LogP contribution in [0.15, 0.2) is 42.5 Å². The molecule has 2 aromatic rings. The molecule has 0 aromatic heterocycles. The van der Waals surface area contributed by atoms with Crippen molar-refractivity contribution in [2.75, 3.05) is 13.7 Å². The molecule has 6 heteroatoms. The molecule has 0 aliphatic rings. The van der Waals surface area contributed by atoms with E-state index in [4.69, 9.17) is 14.7 Å². The number of benzene rings is 2. The van der Waals surface area contributed by atoms with Crippen molar-refractivity contribution < 1.29 is 9.47 Å². The van der Waals surface area contributed by atoms with Crippen molar-refractivity contribution in [3.8, 4) is 17.6 Å². The molecule has 0 saturated heterocycles. The van der Waals surface area contributed by atoms with Crippen LogP contribution in [0.3, 0.4) is 0 Å². The van der Waals surface area contributed by atoms with Crippen LogP contribution in [0.1, 0.15) is 11.1 Å². The minimum atomic E-state index is 0. The van der Waals surface area contributed by atoms with E-state index in [2.05, 4.69) is 40.0 Å². The lowest BCUT2D eigenvalue weighted by molar-refractivity contribution is 0.327. The van der Waals surface area contributed by atoms with Gasteiger partial charge in [-0.1, -0.05) is 30.3 Å². The van der Waals surface area contributed by atoms with E-state index in [9.17, 15) is 0 Å². The summed E-state index contributed by atoms with van der Waals surface area (Å²) in [5, 5.41) is 12.0. The van der Waals surface area contributed by atoms with Crippen LogP contribution in [0, 0.1) is 14.9 Å². The zero-order valence-corrected chi connectivity index (χ0v) is 15.7. The number of ether oxygens (including phenoxy) is 2. The van der Waals surface area contributed by atoms with Gasteiger partial charge >= 0.3 is 0 Å². The van der Waals surface area contributed by atoms with Gasteiger partial charge in [-0.15, -0.1) is 12.4 Å². The molecule has 0 spiro atoms. The maximum atomic E-state index is 8.63. The third-order valence-corrected chi connectivity index (χ3v) is 3.87. The van der Waals surface area contributed by atoms with Gasteiger partial charge in [0, 0.05) is 13.1 Å². The standard InChI is InChI=1S/C17H17IN2O2.ClH/c1-21-16-10-14(9-15(18)17(16)22-8-7-19)12-20-11-13-5-3-2-4-6-13;/h2-6,9-10,20H,8,11-12H2,1H3;1H. The Bertz CT molecular complexity index is 660. The van der Waals surface area contributed by atoms with Gasteiger partial charge in [0.1, 0.15) is 6.07 Å². The van der Waals surface area contributed by atoms with Crippen LogP contribution in [-0.4, -0.2) is 13.7 Å². The Kier molecular flexibility index (Phi) is 8.77. The summed E-state index contributed by atoms with van der Waals surface area (Å²) in [6, 6.07) is 16.2. The first-order valence-electron chi connectivity index (χ1n) is 6.85. The van der Waals surface area contributed by atoms with Crippen LogP contribution < -0.4 is 14.8 Å². The van der Waals surface area contributed by atoms with E-state index in [0.717, 1.165) is 22.2 Å². The minimum Gasteiger partial charge on any atom is -0.493 e. The smallest absolute Gasteiger partial charge is 0.176 e. The minimum absolute atomic E-state index is 0. The number of methoxy groups -OCH3 is 1. The molecule has 4 nitrogen and oxygen atoms in total. The highest BCUT2D eigenvalue weighted by Gasteiger charge is 2.11. The van der Waals surface area contributed by atoms with Crippen molar-refractivity contribution in [2.45, 2.75) is 13.1 Å². The molecule has 0 aliphatic heterocycles. The second kappa shape index (κ2) is 10.3. The molecule has 0 saturated carbocycles. The summed E-state index contributed by atoms with van der Waals surface area (Å²) in [6.45, 7) is 1.56. The Labute approximate surface area is 156 Å². The van der Waals surface area contributed by atoms with E-state index in [1.807, 2.05) is 36.4 Å². The molecule has 23 heavy (non-hydrogen) atoms. The van der Waals surface area contributed by atoms with Crippen LogP contribution in [0.5, 0.6) is 11.5 Å². The molecular formula is C17H18ClIN2O2. The number of hydrogen-bond donors (Lipinski definition) is 1. The van der Waals surface area contributed by atoms with Gasteiger partial charge in [-0.3, -0.25) is 0 Å². The van der Waals surface area contributed by atoms with E-state index >= 15 is 0 Å². The first-order chi connectivity index (χ1) is 10.7. The van der Waals surface area contributed by atoms with Crippen LogP contribution in [0.2, 0.25) is 0 Å². The second-order valence-corrected chi connectivity index (χ2v) is 5.81. The van der Waals surface area contributed by atoms with E-state index in [0.29, 0.717) is 11.5 Å². The third-order valence-electron chi connectivity index (χ3n) is 3.07. The summed E-state index contributed by atoms with van der Waals surface area (Å²) in [5.41, 5.74) is 2.36. The highest BCUT2D eigenvalue weighted by atomic mass is 127. The number of nitriles is 1. The van der Waals surface area contributed by atoms with Crippen LogP contribution in [0.4, 0.5) is 0 Å². The van der Waals surface area contributed by atoms with E-state index in [-0.39, 0.29) is 19.0 Å². The summed E-state index contributed by atoms with van der Waals surface area (Å²) in [5.74, 6) is 1.27. The Balaban J connectivity index is 0.00000264. The van der Waals surface area contributed by atoms with E-state index < -0.39 is 0 Å². The summed E-state index contributed by atoms with van der Waals surface area (Å²) in [4.78, 5) is 0. The number of nitrogens with one attached hydrogen (secondary N) is 1. The first kappa shape index (κ1) is 19.6. The second-order valence-electron chi connectivity index (χ2n) is 4.64. The van der Waals surface area contributed by atoms with Gasteiger partial charge in [0.15, 0.2) is 18.1 Å². The summed E-state index contributed by atoms with van der Waals surface area (Å²) < 4.78 is 11.7. The molecule has 1 N–H and O–H groups in total. The largest absolute Gasteiger partial charge is 0.493 e. The Morgan fingerprint density at radius 1 is 1.13 bits per heavy atom. The molecule has 0 radical (unpaired) electrons. The monoisotopic (exact) mass is 444 g/mol. The number of nitrogens with zero attached hydrogens (tertiary/aromatic N) is 1. The lowest BCUT2D eigenvalue weighted by atomic mass is 10.2. The van der Waals surface area contributed by atoms with Gasteiger partial charge in [-0.25, -0.2) is 0 Å². The van der Waals surface area contributed by atoms with Gasteiger partial charge in [0.2, 0.25) is 0 Å². The number of halogens is 2. The van der Waals surface area contributed by atoms with Crippen molar-refractivity contribution in [2.24, 2.45) is 0 Å². The molecule has 0 fully saturated rings. The summed E-state index contributed by atoms with van der Waals surface area (Å²) >= 11 is 2.20. The van der Waals surface area contributed by atoms with Gasteiger partial charge in [0.25, 0.3) is 0 Å². The van der Waals surface area contributed by atoms with Crippen LogP contribution >= 0.6 is 35.0 Å². The molecule has 122 valence electrons. The van der Waals surface area contributed by atoms with Gasteiger partial charge < -0.3 is 14.8 Å². The number of rotatable bonds is 7. The fourth-order valence-corrected chi connectivity index (χ4v) is 2.89. The highest BCUT2D eigenvalue weighted by molar-refractivity contribution is 14.1. The van der Waals surface area contributed by atoms with Crippen molar-refractivity contribution in [3.63, 3.8) is 0 Å². The molecule has 0 bridgehead atoms. The lowest BCUT2D eigenvalue weighted by Crippen LogP contribution is -2.13. The van der Waals surface area contributed by atoms with Crippen molar-refractivity contribution in [3.05, 3.63) is 57.2 Å². The Morgan fingerprint density at radius 2 is 1.83 bits per heavy atom. The summed E-state index contributed by atoms with van der Waals surface area (Å²) in [6.07, 6.45) is 0. The molecule has 2 rings (SSSR count). The zero-order chi connectivity index (χ0) is 15.8. The third kappa shape index (κ3) is 5.90. The molecule has 2 aromatic carbocycles. The first-order valence-corrected chi connectivity index (χ1v) is 7.93. The fraction of sp³-hybridized carbons (Fsp3) is 0.235. The molecular weight excluding hydrogens is 427 g/mol. The maximum Gasteiger partial charge on any atom is 0.176 e. The normalized spacial score (nSPS) is 9.61. The molecule has 0 atom stereocenters. The lowest BCUT2D eigenvalue weighted by Gasteiger charge is -2.13. The number of hydrogen-bond acceptors (Lipinski definition) is 4. The Morgan fingerprint density at radius 3 is 2.48 bits per heavy atom. The molecule has 0 heterocycles. The van der Waals surface area contributed by atoms with E-state index in [1.54, 1.807) is 7.11 Å². The predicted octanol–water partition coefficient (Wildman–Crippen LogP) is 3.91. The molecule has 0 amide bonds. The average molecular weight is 445 g/mol. The predicted molar refractivity (Wildman–Crippen MR) is 101 cm³/mol. The molecule has 0 unspecified atom stereocenters. The average Bonchev–Trinajstić information content (AvgIpc) is 2.54. The zero-order valence-electron chi connectivity index (χ0n) is 12.7.